The van der Waals surface area contributed by atoms with Gasteiger partial charge in [-0.05, 0) is 37.1 Å². The van der Waals surface area contributed by atoms with Crippen molar-refractivity contribution < 1.29 is 9.53 Å². The van der Waals surface area contributed by atoms with Gasteiger partial charge in [-0.1, -0.05) is 46.0 Å². The van der Waals surface area contributed by atoms with Crippen molar-refractivity contribution in [3.05, 3.63) is 29.8 Å². The number of benzene rings is 1. The lowest BCUT2D eigenvalue weighted by Crippen LogP contribution is -2.00. The molecule has 0 heterocycles. The summed E-state index contributed by atoms with van der Waals surface area (Å²) in [6, 6.07) is 7.57. The van der Waals surface area contributed by atoms with Crippen LogP contribution in [0.1, 0.15) is 75.6 Å². The van der Waals surface area contributed by atoms with E-state index in [2.05, 4.69) is 13.8 Å². The van der Waals surface area contributed by atoms with Gasteiger partial charge in [-0.2, -0.15) is 0 Å². The second kappa shape index (κ2) is 10.5. The number of ketones is 1. The molecule has 0 spiro atoms. The van der Waals surface area contributed by atoms with Gasteiger partial charge in [-0.25, -0.2) is 0 Å². The average Bonchev–Trinajstić information content (AvgIpc) is 2.48. The highest BCUT2D eigenvalue weighted by atomic mass is 16.5. The summed E-state index contributed by atoms with van der Waals surface area (Å²) in [5.74, 6) is 1.11. The molecule has 1 aromatic carbocycles. The van der Waals surface area contributed by atoms with Crippen molar-refractivity contribution in [1.29, 1.82) is 0 Å². The molecule has 0 unspecified atom stereocenters. The molecule has 112 valence electrons. The van der Waals surface area contributed by atoms with Crippen LogP contribution in [0.15, 0.2) is 24.3 Å². The fourth-order valence-corrected chi connectivity index (χ4v) is 2.10. The van der Waals surface area contributed by atoms with Crippen LogP contribution in [0, 0.1) is 0 Å². The van der Waals surface area contributed by atoms with Gasteiger partial charge in [0.25, 0.3) is 0 Å². The van der Waals surface area contributed by atoms with Crippen molar-refractivity contribution in [2.75, 3.05) is 6.61 Å². The summed E-state index contributed by atoms with van der Waals surface area (Å²) in [6.07, 6.45) is 8.80. The quantitative estimate of drug-likeness (QED) is 0.399. The number of Topliss-reactive ketones (excluding diaryl/α,β-unsaturated/α-hetero) is 1. The monoisotopic (exact) mass is 276 g/mol. The summed E-state index contributed by atoms with van der Waals surface area (Å²) >= 11 is 0. The maximum Gasteiger partial charge on any atom is 0.162 e. The molecule has 0 N–H and O–H groups in total. The van der Waals surface area contributed by atoms with Gasteiger partial charge >= 0.3 is 0 Å². The fraction of sp³-hybridized carbons (Fsp3) is 0.611. The van der Waals surface area contributed by atoms with Crippen LogP contribution in [0.4, 0.5) is 0 Å². The molecule has 0 aliphatic carbocycles. The highest BCUT2D eigenvalue weighted by molar-refractivity contribution is 5.96. The fourth-order valence-electron chi connectivity index (χ4n) is 2.10. The largest absolute Gasteiger partial charge is 0.494 e. The Kier molecular flexibility index (Phi) is 8.77. The van der Waals surface area contributed by atoms with Gasteiger partial charge in [0.15, 0.2) is 5.78 Å². The van der Waals surface area contributed by atoms with E-state index in [1.165, 1.54) is 19.3 Å². The number of carbonyl (C=O) groups is 1. The van der Waals surface area contributed by atoms with E-state index in [4.69, 9.17) is 4.74 Å². The Bertz CT molecular complexity index is 368. The molecule has 2 nitrogen and oxygen atoms in total. The Labute approximate surface area is 123 Å². The second-order valence-corrected chi connectivity index (χ2v) is 5.31. The molecule has 0 fully saturated rings. The number of hydrogen-bond donors (Lipinski definition) is 0. The van der Waals surface area contributed by atoms with Crippen molar-refractivity contribution in [1.82, 2.24) is 0 Å². The van der Waals surface area contributed by atoms with Gasteiger partial charge in [0, 0.05) is 12.0 Å². The van der Waals surface area contributed by atoms with Crippen LogP contribution in [-0.2, 0) is 0 Å². The lowest BCUT2D eigenvalue weighted by atomic mass is 10.0. The lowest BCUT2D eigenvalue weighted by molar-refractivity contribution is 0.0979. The Morgan fingerprint density at radius 3 is 2.20 bits per heavy atom. The maximum atomic E-state index is 12.0. The van der Waals surface area contributed by atoms with E-state index in [0.717, 1.165) is 43.6 Å². The third-order valence-electron chi connectivity index (χ3n) is 3.45. The maximum absolute atomic E-state index is 12.0. The van der Waals surface area contributed by atoms with Crippen LogP contribution >= 0.6 is 0 Å². The Morgan fingerprint density at radius 2 is 1.55 bits per heavy atom. The molecule has 0 aliphatic heterocycles. The topological polar surface area (TPSA) is 26.3 Å². The van der Waals surface area contributed by atoms with E-state index in [9.17, 15) is 4.79 Å². The summed E-state index contributed by atoms with van der Waals surface area (Å²) in [7, 11) is 0. The first-order valence-corrected chi connectivity index (χ1v) is 8.04. The van der Waals surface area contributed by atoms with Crippen LogP contribution in [0.25, 0.3) is 0 Å². The first-order valence-electron chi connectivity index (χ1n) is 8.04. The molecule has 1 aromatic rings. The number of hydrogen-bond acceptors (Lipinski definition) is 2. The minimum atomic E-state index is 0.251. The van der Waals surface area contributed by atoms with Gasteiger partial charge in [-0.3, -0.25) is 4.79 Å². The molecule has 0 saturated heterocycles. The predicted octanol–water partition coefficient (Wildman–Crippen LogP) is 5.41. The van der Waals surface area contributed by atoms with E-state index in [-0.39, 0.29) is 5.78 Å². The van der Waals surface area contributed by atoms with Crippen molar-refractivity contribution >= 4 is 5.78 Å². The number of unbranched alkanes of at least 4 members (excludes halogenated alkanes) is 5. The van der Waals surface area contributed by atoms with Gasteiger partial charge in [0.05, 0.1) is 6.61 Å². The Morgan fingerprint density at radius 1 is 0.900 bits per heavy atom. The molecule has 2 heteroatoms. The van der Waals surface area contributed by atoms with Crippen LogP contribution in [-0.4, -0.2) is 12.4 Å². The van der Waals surface area contributed by atoms with E-state index in [1.54, 1.807) is 0 Å². The Hall–Kier alpha value is -1.31. The normalized spacial score (nSPS) is 10.5. The first kappa shape index (κ1) is 16.7. The zero-order valence-corrected chi connectivity index (χ0v) is 13.0. The molecule has 0 atom stereocenters. The van der Waals surface area contributed by atoms with Crippen molar-refractivity contribution in [3.63, 3.8) is 0 Å². The molecule has 20 heavy (non-hydrogen) atoms. The number of ether oxygens (including phenoxy) is 1. The van der Waals surface area contributed by atoms with Gasteiger partial charge < -0.3 is 4.74 Å². The summed E-state index contributed by atoms with van der Waals surface area (Å²) < 4.78 is 5.60. The molecule has 0 bridgehead atoms. The zero-order valence-electron chi connectivity index (χ0n) is 13.0. The highest BCUT2D eigenvalue weighted by Crippen LogP contribution is 2.15. The SMILES string of the molecule is CCCCCCCC(=O)c1ccc(OCCCC)cc1. The summed E-state index contributed by atoms with van der Waals surface area (Å²) in [5.41, 5.74) is 0.809. The van der Waals surface area contributed by atoms with E-state index < -0.39 is 0 Å². The van der Waals surface area contributed by atoms with E-state index in [1.807, 2.05) is 24.3 Å². The molecular weight excluding hydrogens is 248 g/mol. The molecule has 0 aromatic heterocycles. The molecule has 1 rings (SSSR count). The second-order valence-electron chi connectivity index (χ2n) is 5.31. The predicted molar refractivity (Wildman–Crippen MR) is 84.6 cm³/mol. The number of rotatable bonds is 11. The molecule has 0 aliphatic rings. The molecular formula is C18H28O2. The lowest BCUT2D eigenvalue weighted by Gasteiger charge is -2.06. The van der Waals surface area contributed by atoms with Gasteiger partial charge in [-0.15, -0.1) is 0 Å². The van der Waals surface area contributed by atoms with Crippen LogP contribution in [0.3, 0.4) is 0 Å². The summed E-state index contributed by atoms with van der Waals surface area (Å²) in [5, 5.41) is 0. The zero-order chi connectivity index (χ0) is 14.6. The van der Waals surface area contributed by atoms with Crippen molar-refractivity contribution in [2.45, 2.75) is 65.2 Å². The Balaban J connectivity index is 2.30. The average molecular weight is 276 g/mol. The molecule has 0 radical (unpaired) electrons. The van der Waals surface area contributed by atoms with Crippen LogP contribution < -0.4 is 4.74 Å². The number of carbonyl (C=O) groups excluding carboxylic acids is 1. The van der Waals surface area contributed by atoms with Gasteiger partial charge in [0.1, 0.15) is 5.75 Å². The third kappa shape index (κ3) is 6.74. The minimum absolute atomic E-state index is 0.251. The van der Waals surface area contributed by atoms with E-state index >= 15 is 0 Å². The first-order chi connectivity index (χ1) is 9.77. The van der Waals surface area contributed by atoms with Crippen LogP contribution in [0.5, 0.6) is 5.75 Å². The third-order valence-corrected chi connectivity index (χ3v) is 3.45. The van der Waals surface area contributed by atoms with Crippen LogP contribution in [0.2, 0.25) is 0 Å². The smallest absolute Gasteiger partial charge is 0.162 e. The highest BCUT2D eigenvalue weighted by Gasteiger charge is 2.05. The molecule has 0 amide bonds. The summed E-state index contributed by atoms with van der Waals surface area (Å²) in [4.78, 5) is 12.0. The summed E-state index contributed by atoms with van der Waals surface area (Å²) in [6.45, 7) is 5.10. The standard InChI is InChI=1S/C18H28O2/c1-3-5-7-8-9-10-18(19)16-11-13-17(14-12-16)20-15-6-4-2/h11-14H,3-10,15H2,1-2H3. The van der Waals surface area contributed by atoms with Crippen molar-refractivity contribution in [2.24, 2.45) is 0 Å². The van der Waals surface area contributed by atoms with E-state index in [0.29, 0.717) is 6.42 Å². The minimum Gasteiger partial charge on any atom is -0.494 e. The van der Waals surface area contributed by atoms with Gasteiger partial charge in [0.2, 0.25) is 0 Å². The molecule has 0 saturated carbocycles. The van der Waals surface area contributed by atoms with Crippen molar-refractivity contribution in [3.8, 4) is 5.75 Å².